The summed E-state index contributed by atoms with van der Waals surface area (Å²) < 4.78 is 9.44. The van der Waals surface area contributed by atoms with E-state index >= 15 is 0 Å². The van der Waals surface area contributed by atoms with E-state index in [2.05, 4.69) is 19.8 Å². The number of carbonyl (C=O) groups is 2. The quantitative estimate of drug-likeness (QED) is 0.195. The van der Waals surface area contributed by atoms with Crippen LogP contribution in [0.4, 0.5) is 0 Å². The fourth-order valence-corrected chi connectivity index (χ4v) is 7.07. The molecule has 0 fully saturated rings. The molecule has 0 bridgehead atoms. The van der Waals surface area contributed by atoms with E-state index in [-0.39, 0.29) is 11.8 Å². The number of aryl methyl sites for hydroxylation is 2. The van der Waals surface area contributed by atoms with E-state index in [9.17, 15) is 9.59 Å². The Morgan fingerprint density at radius 3 is 1.49 bits per heavy atom. The largest absolute Gasteiger partial charge is 0.497 e. The van der Waals surface area contributed by atoms with Crippen molar-refractivity contribution in [3.63, 3.8) is 0 Å². The summed E-state index contributed by atoms with van der Waals surface area (Å²) in [5, 5.41) is 9.85. The molecule has 2 aliphatic heterocycles. The lowest BCUT2D eigenvalue weighted by Crippen LogP contribution is -2.22. The highest BCUT2D eigenvalue weighted by atomic mass is 35.5. The number of methoxy groups -OCH3 is 1. The van der Waals surface area contributed by atoms with Gasteiger partial charge in [-0.15, -0.1) is 0 Å². The average Bonchev–Trinajstić information content (AvgIpc) is 3.50. The zero-order chi connectivity index (χ0) is 32.7. The molecule has 0 atom stereocenters. The molecule has 238 valence electrons. The zero-order valence-corrected chi connectivity index (χ0v) is 27.8. The lowest BCUT2D eigenvalue weighted by molar-refractivity contribution is 0.0943. The first kappa shape index (κ1) is 31.2. The first-order valence-electron chi connectivity index (χ1n) is 15.4. The first-order valence-corrected chi connectivity index (χ1v) is 16.6. The summed E-state index contributed by atoms with van der Waals surface area (Å²) in [6.07, 6.45) is 1.82. The Kier molecular flexibility index (Phi) is 8.62. The molecular formula is C37H31Cl3N4O3. The Hall–Kier alpha value is -4.43. The summed E-state index contributed by atoms with van der Waals surface area (Å²) in [6, 6.07) is 27.1. The molecule has 10 heteroatoms. The predicted octanol–water partition coefficient (Wildman–Crippen LogP) is 8.85. The van der Waals surface area contributed by atoms with Gasteiger partial charge in [-0.05, 0) is 84.6 Å². The summed E-state index contributed by atoms with van der Waals surface area (Å²) in [6.45, 7) is 3.02. The summed E-state index contributed by atoms with van der Waals surface area (Å²) in [5.74, 6) is 0.753. The Balaban J connectivity index is 0.000000150. The number of fused-ring (bicyclic) bond motifs is 6. The fraction of sp³-hybridized carbons (Fsp3) is 0.189. The molecule has 4 aromatic carbocycles. The Morgan fingerprint density at radius 2 is 1.04 bits per heavy atom. The molecule has 6 aromatic rings. The maximum absolute atomic E-state index is 12.3. The third kappa shape index (κ3) is 6.07. The molecule has 0 radical (unpaired) electrons. The number of halogens is 3. The van der Waals surface area contributed by atoms with Crippen molar-refractivity contribution in [3.8, 4) is 28.0 Å². The van der Waals surface area contributed by atoms with Crippen LogP contribution in [0.25, 0.3) is 44.1 Å². The van der Waals surface area contributed by atoms with Gasteiger partial charge in [0.25, 0.3) is 11.8 Å². The maximum Gasteiger partial charge on any atom is 0.267 e. The molecule has 0 saturated carbocycles. The van der Waals surface area contributed by atoms with Gasteiger partial charge in [0.15, 0.2) is 0 Å². The second kappa shape index (κ2) is 13.0. The minimum absolute atomic E-state index is 0.0273. The van der Waals surface area contributed by atoms with E-state index in [1.165, 1.54) is 0 Å². The van der Waals surface area contributed by atoms with Crippen LogP contribution in [0.1, 0.15) is 33.8 Å². The molecule has 2 amide bonds. The van der Waals surface area contributed by atoms with Crippen molar-refractivity contribution in [2.24, 2.45) is 0 Å². The van der Waals surface area contributed by atoms with Crippen LogP contribution in [-0.4, -0.2) is 41.1 Å². The number of benzene rings is 4. The van der Waals surface area contributed by atoms with E-state index < -0.39 is 0 Å². The molecule has 2 aliphatic rings. The van der Waals surface area contributed by atoms with Crippen molar-refractivity contribution < 1.29 is 14.3 Å². The van der Waals surface area contributed by atoms with Gasteiger partial charge in [0.2, 0.25) is 0 Å². The number of nitrogens with zero attached hydrogens (tertiary/aromatic N) is 2. The van der Waals surface area contributed by atoms with Crippen LogP contribution in [0.5, 0.6) is 5.75 Å². The second-order valence-electron chi connectivity index (χ2n) is 11.6. The summed E-state index contributed by atoms with van der Waals surface area (Å²) >= 11 is 18.6. The van der Waals surface area contributed by atoms with Crippen LogP contribution in [0.3, 0.4) is 0 Å². The molecule has 47 heavy (non-hydrogen) atoms. The molecule has 8 rings (SSSR count). The molecule has 0 saturated heterocycles. The molecular weight excluding hydrogens is 655 g/mol. The van der Waals surface area contributed by atoms with Gasteiger partial charge in [-0.25, -0.2) is 0 Å². The van der Waals surface area contributed by atoms with E-state index in [1.54, 1.807) is 7.11 Å². The van der Waals surface area contributed by atoms with Gasteiger partial charge in [-0.2, -0.15) is 0 Å². The SMILES string of the molecule is COc1ccc(-c2cc(Cl)cc3cc4n(c23)CCCNC4=O)cc1.O=C1NCCCn2c1cc1cc(Cl)cc(-c3ccc(Cl)cc3)c12. The van der Waals surface area contributed by atoms with Gasteiger partial charge in [-0.3, -0.25) is 9.59 Å². The normalized spacial score (nSPS) is 14.3. The van der Waals surface area contributed by atoms with Crippen molar-refractivity contribution in [2.75, 3.05) is 20.2 Å². The van der Waals surface area contributed by atoms with Gasteiger partial charge in [0.1, 0.15) is 17.1 Å². The van der Waals surface area contributed by atoms with Crippen molar-refractivity contribution in [3.05, 3.63) is 111 Å². The highest BCUT2D eigenvalue weighted by Gasteiger charge is 2.22. The van der Waals surface area contributed by atoms with Crippen molar-refractivity contribution in [1.82, 2.24) is 19.8 Å². The van der Waals surface area contributed by atoms with Crippen LogP contribution in [-0.2, 0) is 13.1 Å². The Morgan fingerprint density at radius 1 is 0.596 bits per heavy atom. The lowest BCUT2D eigenvalue weighted by Gasteiger charge is -2.11. The summed E-state index contributed by atoms with van der Waals surface area (Å²) in [5.41, 5.74) is 7.61. The highest BCUT2D eigenvalue weighted by Crippen LogP contribution is 2.37. The number of aromatic nitrogens is 2. The molecule has 0 unspecified atom stereocenters. The summed E-state index contributed by atoms with van der Waals surface area (Å²) in [4.78, 5) is 24.6. The smallest absolute Gasteiger partial charge is 0.267 e. The molecule has 0 spiro atoms. The van der Waals surface area contributed by atoms with E-state index in [0.29, 0.717) is 39.5 Å². The van der Waals surface area contributed by atoms with Crippen molar-refractivity contribution in [1.29, 1.82) is 0 Å². The monoisotopic (exact) mass is 684 g/mol. The zero-order valence-electron chi connectivity index (χ0n) is 25.6. The van der Waals surface area contributed by atoms with Gasteiger partial charge in [-0.1, -0.05) is 59.1 Å². The molecule has 4 heterocycles. The molecule has 2 N–H and O–H groups in total. The van der Waals surface area contributed by atoms with E-state index in [1.807, 2.05) is 84.9 Å². The minimum Gasteiger partial charge on any atom is -0.497 e. The number of hydrogen-bond acceptors (Lipinski definition) is 3. The number of amides is 2. The van der Waals surface area contributed by atoms with Crippen LogP contribution < -0.4 is 15.4 Å². The third-order valence-corrected chi connectivity index (χ3v) is 9.31. The second-order valence-corrected chi connectivity index (χ2v) is 12.9. The molecule has 0 aliphatic carbocycles. The fourth-order valence-electron chi connectivity index (χ4n) is 6.49. The summed E-state index contributed by atoms with van der Waals surface area (Å²) in [7, 11) is 1.65. The lowest BCUT2D eigenvalue weighted by atomic mass is 10.0. The van der Waals surface area contributed by atoms with E-state index in [4.69, 9.17) is 39.5 Å². The third-order valence-electron chi connectivity index (χ3n) is 8.62. The van der Waals surface area contributed by atoms with Gasteiger partial charge >= 0.3 is 0 Å². The highest BCUT2D eigenvalue weighted by molar-refractivity contribution is 6.32. The van der Waals surface area contributed by atoms with Crippen LogP contribution in [0, 0.1) is 0 Å². The number of nitrogens with one attached hydrogen (secondary N) is 2. The van der Waals surface area contributed by atoms with Gasteiger partial charge < -0.3 is 24.5 Å². The maximum atomic E-state index is 12.3. The first-order chi connectivity index (χ1) is 22.8. The van der Waals surface area contributed by atoms with Gasteiger partial charge in [0.05, 0.1) is 18.1 Å². The van der Waals surface area contributed by atoms with Crippen LogP contribution in [0.2, 0.25) is 15.1 Å². The van der Waals surface area contributed by atoms with Crippen LogP contribution in [0.15, 0.2) is 84.9 Å². The number of hydrogen-bond donors (Lipinski definition) is 2. The molecule has 2 aromatic heterocycles. The Bertz CT molecular complexity index is 2150. The number of rotatable bonds is 3. The van der Waals surface area contributed by atoms with Crippen molar-refractivity contribution >= 4 is 68.4 Å². The minimum atomic E-state index is -0.0307. The predicted molar refractivity (Wildman–Crippen MR) is 190 cm³/mol. The van der Waals surface area contributed by atoms with Gasteiger partial charge in [0, 0.05) is 63.1 Å². The number of carbonyl (C=O) groups excluding carboxylic acids is 2. The topological polar surface area (TPSA) is 77.3 Å². The molecule has 7 nitrogen and oxygen atoms in total. The average molecular weight is 686 g/mol. The van der Waals surface area contributed by atoms with E-state index in [0.717, 1.165) is 75.7 Å². The Labute approximate surface area is 287 Å². The number of ether oxygens (including phenoxy) is 1. The van der Waals surface area contributed by atoms with Crippen LogP contribution >= 0.6 is 34.8 Å². The van der Waals surface area contributed by atoms with Crippen molar-refractivity contribution in [2.45, 2.75) is 25.9 Å². The standard InChI is InChI=1S/C19H17ClN2O2.C18H14Cl2N2O/c1-24-15-5-3-12(4-6-15)16-11-14(20)9-13-10-17-19(23)21-7-2-8-22(17)18(13)16;19-13-4-2-11(3-5-13)15-10-14(20)8-12-9-16-18(23)21-6-1-7-22(16)17(12)15/h3-6,9-11H,2,7-8H2,1H3,(H,21,23);2-5,8-10H,1,6-7H2,(H,21,23).